The molecule has 0 saturated carbocycles. The van der Waals surface area contributed by atoms with Crippen molar-refractivity contribution >= 4 is 136 Å². The van der Waals surface area contributed by atoms with Crippen molar-refractivity contribution in [1.82, 2.24) is 9.13 Å². The quantitative estimate of drug-likeness (QED) is 0.121. The lowest BCUT2D eigenvalue weighted by Gasteiger charge is -2.14. The van der Waals surface area contributed by atoms with Crippen LogP contribution >= 0.6 is 11.3 Å². The van der Waals surface area contributed by atoms with Gasteiger partial charge in [-0.3, -0.25) is 0 Å². The van der Waals surface area contributed by atoms with Crippen LogP contribution in [0.3, 0.4) is 0 Å². The minimum absolute atomic E-state index is 0.601. The summed E-state index contributed by atoms with van der Waals surface area (Å²) >= 11 is 1.83. The molecule has 348 valence electrons. The monoisotopic (exact) mass is 964 g/mol. The Kier molecular flexibility index (Phi) is 9.50. The predicted molar refractivity (Wildman–Crippen MR) is 316 cm³/mol. The van der Waals surface area contributed by atoms with E-state index in [1.807, 2.05) is 29.5 Å². The van der Waals surface area contributed by atoms with Crippen LogP contribution in [0.25, 0.3) is 124 Å². The van der Waals surface area contributed by atoms with E-state index >= 15 is 0 Å². The third-order valence-corrected chi connectivity index (χ3v) is 16.2. The molecule has 0 spiro atoms. The Hall–Kier alpha value is -9.36. The maximum absolute atomic E-state index is 6.55. The van der Waals surface area contributed by atoms with E-state index < -0.39 is 0 Å². The van der Waals surface area contributed by atoms with Gasteiger partial charge in [-0.2, -0.15) is 0 Å². The second kappa shape index (κ2) is 16.6. The zero-order chi connectivity index (χ0) is 49.0. The first-order chi connectivity index (χ1) is 36.6. The van der Waals surface area contributed by atoms with E-state index in [2.05, 4.69) is 235 Å². The predicted octanol–water partition coefficient (Wildman–Crippen LogP) is 18.8. The van der Waals surface area contributed by atoms with Crippen molar-refractivity contribution in [2.45, 2.75) is 13.8 Å². The van der Waals surface area contributed by atoms with Crippen molar-refractivity contribution < 1.29 is 4.42 Å². The Balaban J connectivity index is 1.01. The molecular weight excluding hydrogens is 921 g/mol. The highest BCUT2D eigenvalue weighted by Crippen LogP contribution is 2.45. The van der Waals surface area contributed by atoms with Gasteiger partial charge in [0.25, 0.3) is 0 Å². The van der Waals surface area contributed by atoms with E-state index in [0.717, 1.165) is 88.9 Å². The minimum Gasteiger partial charge on any atom is -0.456 e. The van der Waals surface area contributed by atoms with Crippen molar-refractivity contribution in [2.24, 2.45) is 9.98 Å². The van der Waals surface area contributed by atoms with E-state index in [1.165, 1.54) is 57.9 Å². The number of furan rings is 1. The first-order valence-corrected chi connectivity index (χ1v) is 26.0. The molecule has 4 heterocycles. The van der Waals surface area contributed by atoms with Gasteiger partial charge < -0.3 is 13.6 Å². The number of hydrogen-bond acceptors (Lipinski definition) is 3. The molecule has 0 aliphatic rings. The summed E-state index contributed by atoms with van der Waals surface area (Å²) in [5, 5.41) is 14.1. The zero-order valence-electron chi connectivity index (χ0n) is 40.5. The minimum atomic E-state index is 0.601. The van der Waals surface area contributed by atoms with Crippen molar-refractivity contribution in [3.8, 4) is 11.4 Å². The van der Waals surface area contributed by atoms with E-state index in [9.17, 15) is 0 Å². The SMILES string of the molecule is C/C=C(\N=C(N=C(C)c1cccc2c1c1ccccc1n2-c1ccccc1)c1cccc2oc3ccccc3c12)c1cc(-n2c3cc4ccccc4cc3c3c4ccccc4ccc32)cc2sc3ccccc3c12. The molecule has 6 heteroatoms. The molecule has 0 saturated heterocycles. The van der Waals surface area contributed by atoms with Crippen LogP contribution in [0.1, 0.15) is 30.5 Å². The van der Waals surface area contributed by atoms with Gasteiger partial charge in [0.15, 0.2) is 5.84 Å². The van der Waals surface area contributed by atoms with Gasteiger partial charge >= 0.3 is 0 Å². The van der Waals surface area contributed by atoms with Gasteiger partial charge in [0, 0.05) is 86.3 Å². The summed E-state index contributed by atoms with van der Waals surface area (Å²) in [5.74, 6) is 0.601. The molecule has 5 nitrogen and oxygen atoms in total. The Bertz CT molecular complexity index is 4920. The van der Waals surface area contributed by atoms with E-state index in [4.69, 9.17) is 14.4 Å². The highest BCUT2D eigenvalue weighted by molar-refractivity contribution is 7.25. The second-order valence-electron chi connectivity index (χ2n) is 19.2. The molecule has 0 unspecified atom stereocenters. The highest BCUT2D eigenvalue weighted by atomic mass is 32.1. The lowest BCUT2D eigenvalue weighted by Crippen LogP contribution is -2.06. The molecule has 0 bridgehead atoms. The van der Waals surface area contributed by atoms with Gasteiger partial charge in [0.2, 0.25) is 0 Å². The van der Waals surface area contributed by atoms with Crippen LogP contribution in [-0.2, 0) is 0 Å². The van der Waals surface area contributed by atoms with Crippen LogP contribution in [0.4, 0.5) is 0 Å². The fraction of sp³-hybridized carbons (Fsp3) is 0.0294. The molecule has 15 rings (SSSR count). The highest BCUT2D eigenvalue weighted by Gasteiger charge is 2.23. The Morgan fingerprint density at radius 2 is 1.05 bits per heavy atom. The van der Waals surface area contributed by atoms with Crippen LogP contribution < -0.4 is 0 Å². The van der Waals surface area contributed by atoms with E-state index in [0.29, 0.717) is 5.84 Å². The van der Waals surface area contributed by atoms with Crippen LogP contribution in [0.2, 0.25) is 0 Å². The molecule has 0 aliphatic carbocycles. The largest absolute Gasteiger partial charge is 0.456 e. The number of allylic oxidation sites excluding steroid dienone is 1. The van der Waals surface area contributed by atoms with E-state index in [-0.39, 0.29) is 0 Å². The van der Waals surface area contributed by atoms with Crippen molar-refractivity contribution in [2.75, 3.05) is 0 Å². The fourth-order valence-electron chi connectivity index (χ4n) is 11.8. The van der Waals surface area contributed by atoms with Crippen LogP contribution in [0.15, 0.2) is 245 Å². The number of fused-ring (bicyclic) bond motifs is 15. The normalized spacial score (nSPS) is 13.0. The van der Waals surface area contributed by atoms with E-state index in [1.54, 1.807) is 0 Å². The number of rotatable bonds is 6. The summed E-state index contributed by atoms with van der Waals surface area (Å²) in [5.41, 5.74) is 13.1. The summed E-state index contributed by atoms with van der Waals surface area (Å²) in [6.07, 6.45) is 2.16. The van der Waals surface area contributed by atoms with Crippen molar-refractivity contribution in [3.05, 3.63) is 247 Å². The standard InChI is InChI=1S/C68H44N4OS/c1-3-55(53-39-46(40-63-67(53)51-27-13-16-34-62(51)74-63)72-58-36-35-42-19-9-10-24-48(42)65(58)54-37-43-20-7-8-21-44(43)38-59(54)72)70-68(52-29-18-33-61-66(52)50-26-12-15-32-60(50)73-61)69-41(2)47-28-17-31-57-64(47)49-25-11-14-30-56(49)71(57)45-22-5-4-6-23-45/h3-40H,1-2H3/b55-3-,69-41?,70-68?. The molecule has 74 heavy (non-hydrogen) atoms. The van der Waals surface area contributed by atoms with Gasteiger partial charge in [0.1, 0.15) is 11.2 Å². The number of aromatic nitrogens is 2. The molecule has 11 aromatic carbocycles. The molecular formula is C68H44N4OS. The maximum Gasteiger partial charge on any atom is 0.160 e. The summed E-state index contributed by atoms with van der Waals surface area (Å²) in [6.45, 7) is 4.23. The summed E-state index contributed by atoms with van der Waals surface area (Å²) in [4.78, 5) is 11.6. The topological polar surface area (TPSA) is 47.7 Å². The average Bonchev–Trinajstić information content (AvgIpc) is 4.21. The first kappa shape index (κ1) is 42.3. The Morgan fingerprint density at radius 3 is 1.91 bits per heavy atom. The molecule has 0 atom stereocenters. The maximum atomic E-state index is 6.55. The fourth-order valence-corrected chi connectivity index (χ4v) is 13.0. The number of benzene rings is 11. The lowest BCUT2D eigenvalue weighted by molar-refractivity contribution is 0.669. The number of hydrogen-bond donors (Lipinski definition) is 0. The second-order valence-corrected chi connectivity index (χ2v) is 20.3. The number of thiophene rings is 1. The van der Waals surface area contributed by atoms with Gasteiger partial charge in [0.05, 0.1) is 27.8 Å². The van der Waals surface area contributed by atoms with Crippen LogP contribution in [0, 0.1) is 0 Å². The van der Waals surface area contributed by atoms with Gasteiger partial charge in [-0.05, 0) is 108 Å². The molecule has 0 aliphatic heterocycles. The Morgan fingerprint density at radius 1 is 0.405 bits per heavy atom. The first-order valence-electron chi connectivity index (χ1n) is 25.2. The molecule has 0 amide bonds. The molecule has 15 aromatic rings. The number of aliphatic imine (C=N–C) groups is 2. The third kappa shape index (κ3) is 6.41. The van der Waals surface area contributed by atoms with Gasteiger partial charge in [-0.25, -0.2) is 9.98 Å². The van der Waals surface area contributed by atoms with Crippen molar-refractivity contribution in [3.63, 3.8) is 0 Å². The number of para-hydroxylation sites is 3. The molecule has 0 radical (unpaired) electrons. The number of amidine groups is 1. The number of nitrogens with zero attached hydrogens (tertiary/aromatic N) is 4. The molecule has 4 aromatic heterocycles. The van der Waals surface area contributed by atoms with Gasteiger partial charge in [-0.15, -0.1) is 11.3 Å². The average molecular weight is 965 g/mol. The molecule has 0 N–H and O–H groups in total. The molecule has 0 fully saturated rings. The Labute approximate surface area is 429 Å². The smallest absolute Gasteiger partial charge is 0.160 e. The van der Waals surface area contributed by atoms with Gasteiger partial charge in [-0.1, -0.05) is 158 Å². The van der Waals surface area contributed by atoms with Crippen LogP contribution in [0.5, 0.6) is 0 Å². The summed E-state index contributed by atoms with van der Waals surface area (Å²) in [7, 11) is 0. The summed E-state index contributed by atoms with van der Waals surface area (Å²) < 4.78 is 13.8. The van der Waals surface area contributed by atoms with Crippen LogP contribution in [-0.4, -0.2) is 20.7 Å². The summed E-state index contributed by atoms with van der Waals surface area (Å²) in [6, 6.07) is 80.7. The van der Waals surface area contributed by atoms with Crippen molar-refractivity contribution in [1.29, 1.82) is 0 Å². The lowest BCUT2D eigenvalue weighted by atomic mass is 10.0. The third-order valence-electron chi connectivity index (χ3n) is 15.0. The zero-order valence-corrected chi connectivity index (χ0v) is 41.4.